The Balaban J connectivity index is 2.80. The van der Waals surface area contributed by atoms with Crippen molar-refractivity contribution in [3.63, 3.8) is 0 Å². The van der Waals surface area contributed by atoms with E-state index in [1.807, 2.05) is 0 Å². The fourth-order valence-corrected chi connectivity index (χ4v) is 2.31. The lowest BCUT2D eigenvalue weighted by Gasteiger charge is -2.08. The summed E-state index contributed by atoms with van der Waals surface area (Å²) in [6.45, 7) is 2.60. The van der Waals surface area contributed by atoms with Crippen LogP contribution in [0, 0.1) is 0 Å². The molecule has 0 spiro atoms. The number of sulfonamides is 1. The van der Waals surface area contributed by atoms with Gasteiger partial charge in [-0.15, -0.1) is 0 Å². The van der Waals surface area contributed by atoms with Crippen LogP contribution in [0.1, 0.15) is 36.5 Å². The molecule has 1 rings (SSSR count). The summed E-state index contributed by atoms with van der Waals surface area (Å²) in [7, 11) is -3.87. The molecule has 0 saturated heterocycles. The molecule has 3 N–H and O–H groups in total. The number of amides is 1. The van der Waals surface area contributed by atoms with E-state index >= 15 is 0 Å². The van der Waals surface area contributed by atoms with Gasteiger partial charge < -0.3 is 5.32 Å². The molecule has 1 aromatic rings. The SMILES string of the molecule is CCCCCNC(=O)c1ccccc1S(N)(=O)=O. The van der Waals surface area contributed by atoms with Crippen molar-refractivity contribution in [1.82, 2.24) is 5.32 Å². The van der Waals surface area contributed by atoms with Crippen LogP contribution in [0.2, 0.25) is 0 Å². The second-order valence-electron chi connectivity index (χ2n) is 4.00. The zero-order valence-electron chi connectivity index (χ0n) is 10.3. The third-order valence-corrected chi connectivity index (χ3v) is 3.47. The van der Waals surface area contributed by atoms with Crippen molar-refractivity contribution < 1.29 is 13.2 Å². The van der Waals surface area contributed by atoms with Crippen LogP contribution in [-0.4, -0.2) is 20.9 Å². The molecular weight excluding hydrogens is 252 g/mol. The van der Waals surface area contributed by atoms with Crippen LogP contribution >= 0.6 is 0 Å². The molecule has 5 nitrogen and oxygen atoms in total. The normalized spacial score (nSPS) is 11.2. The van der Waals surface area contributed by atoms with Gasteiger partial charge in [-0.2, -0.15) is 0 Å². The van der Waals surface area contributed by atoms with Gasteiger partial charge in [-0.1, -0.05) is 31.9 Å². The Hall–Kier alpha value is -1.40. The smallest absolute Gasteiger partial charge is 0.252 e. The molecule has 0 radical (unpaired) electrons. The fraction of sp³-hybridized carbons (Fsp3) is 0.417. The summed E-state index contributed by atoms with van der Waals surface area (Å²) in [4.78, 5) is 11.7. The van der Waals surface area contributed by atoms with Crippen LogP contribution in [0.25, 0.3) is 0 Å². The molecule has 0 fully saturated rings. The van der Waals surface area contributed by atoms with Gasteiger partial charge in [0.15, 0.2) is 0 Å². The number of rotatable bonds is 6. The van der Waals surface area contributed by atoms with Crippen molar-refractivity contribution in [2.75, 3.05) is 6.54 Å². The number of unbranched alkanes of at least 4 members (excludes halogenated alkanes) is 2. The highest BCUT2D eigenvalue weighted by Gasteiger charge is 2.17. The molecule has 0 aliphatic carbocycles. The third kappa shape index (κ3) is 4.12. The summed E-state index contributed by atoms with van der Waals surface area (Å²) >= 11 is 0. The first-order valence-electron chi connectivity index (χ1n) is 5.87. The van der Waals surface area contributed by atoms with E-state index in [-0.39, 0.29) is 10.5 Å². The van der Waals surface area contributed by atoms with Crippen molar-refractivity contribution in [2.45, 2.75) is 31.1 Å². The number of benzene rings is 1. The van der Waals surface area contributed by atoms with Gasteiger partial charge in [0.2, 0.25) is 10.0 Å². The Morgan fingerprint density at radius 2 is 1.94 bits per heavy atom. The first-order valence-corrected chi connectivity index (χ1v) is 7.41. The molecule has 0 aliphatic rings. The lowest BCUT2D eigenvalue weighted by Crippen LogP contribution is -2.27. The van der Waals surface area contributed by atoms with Gasteiger partial charge in [-0.05, 0) is 18.6 Å². The van der Waals surface area contributed by atoms with Crippen molar-refractivity contribution in [3.05, 3.63) is 29.8 Å². The van der Waals surface area contributed by atoms with Gasteiger partial charge in [0.25, 0.3) is 5.91 Å². The highest BCUT2D eigenvalue weighted by Crippen LogP contribution is 2.13. The molecule has 0 saturated carbocycles. The predicted octanol–water partition coefficient (Wildman–Crippen LogP) is 1.25. The van der Waals surface area contributed by atoms with E-state index < -0.39 is 15.9 Å². The third-order valence-electron chi connectivity index (χ3n) is 2.50. The highest BCUT2D eigenvalue weighted by molar-refractivity contribution is 7.89. The van der Waals surface area contributed by atoms with Gasteiger partial charge >= 0.3 is 0 Å². The second-order valence-corrected chi connectivity index (χ2v) is 5.53. The Morgan fingerprint density at radius 1 is 1.28 bits per heavy atom. The van der Waals surface area contributed by atoms with Crippen molar-refractivity contribution in [2.24, 2.45) is 5.14 Å². The monoisotopic (exact) mass is 270 g/mol. The number of primary sulfonamides is 1. The van der Waals surface area contributed by atoms with E-state index in [1.165, 1.54) is 18.2 Å². The summed E-state index contributed by atoms with van der Waals surface area (Å²) in [5, 5.41) is 7.75. The van der Waals surface area contributed by atoms with E-state index in [4.69, 9.17) is 5.14 Å². The van der Waals surface area contributed by atoms with Gasteiger partial charge in [0, 0.05) is 6.54 Å². The van der Waals surface area contributed by atoms with Gasteiger partial charge in [-0.25, -0.2) is 13.6 Å². The largest absolute Gasteiger partial charge is 0.352 e. The fourth-order valence-electron chi connectivity index (χ4n) is 1.57. The first-order chi connectivity index (χ1) is 8.46. The minimum Gasteiger partial charge on any atom is -0.352 e. The molecule has 100 valence electrons. The summed E-state index contributed by atoms with van der Waals surface area (Å²) in [6.07, 6.45) is 2.96. The topological polar surface area (TPSA) is 89.3 Å². The summed E-state index contributed by atoms with van der Waals surface area (Å²) in [5.41, 5.74) is 0.0940. The molecule has 0 unspecified atom stereocenters. The summed E-state index contributed by atoms with van der Waals surface area (Å²) in [5.74, 6) is -0.407. The predicted molar refractivity (Wildman–Crippen MR) is 69.7 cm³/mol. The Labute approximate surface area is 107 Å². The van der Waals surface area contributed by atoms with Crippen LogP contribution in [0.4, 0.5) is 0 Å². The molecule has 6 heteroatoms. The highest BCUT2D eigenvalue weighted by atomic mass is 32.2. The molecule has 1 amide bonds. The summed E-state index contributed by atoms with van der Waals surface area (Å²) < 4.78 is 22.7. The average Bonchev–Trinajstić information content (AvgIpc) is 2.33. The molecule has 0 aliphatic heterocycles. The quantitative estimate of drug-likeness (QED) is 0.762. The maximum Gasteiger partial charge on any atom is 0.252 e. The Morgan fingerprint density at radius 3 is 2.56 bits per heavy atom. The van der Waals surface area contributed by atoms with Crippen LogP contribution < -0.4 is 10.5 Å². The lowest BCUT2D eigenvalue weighted by atomic mass is 10.2. The maximum atomic E-state index is 11.8. The standard InChI is InChI=1S/C12H18N2O3S/c1-2-3-6-9-14-12(15)10-7-4-5-8-11(10)18(13,16)17/h4-5,7-8H,2-3,6,9H2,1H3,(H,14,15)(H2,13,16,17). The number of nitrogens with one attached hydrogen (secondary N) is 1. The number of hydrogen-bond acceptors (Lipinski definition) is 3. The Bertz CT molecular complexity index is 512. The molecule has 0 bridgehead atoms. The molecule has 0 aromatic heterocycles. The van der Waals surface area contributed by atoms with Crippen LogP contribution in [0.15, 0.2) is 29.2 Å². The van der Waals surface area contributed by atoms with E-state index in [1.54, 1.807) is 6.07 Å². The van der Waals surface area contributed by atoms with E-state index in [2.05, 4.69) is 12.2 Å². The Kier molecular flexibility index (Phi) is 5.30. The van der Waals surface area contributed by atoms with Crippen molar-refractivity contribution in [1.29, 1.82) is 0 Å². The lowest BCUT2D eigenvalue weighted by molar-refractivity contribution is 0.0949. The van der Waals surface area contributed by atoms with Crippen molar-refractivity contribution in [3.8, 4) is 0 Å². The molecule has 0 heterocycles. The van der Waals surface area contributed by atoms with Crippen LogP contribution in [0.3, 0.4) is 0 Å². The minimum atomic E-state index is -3.87. The van der Waals surface area contributed by atoms with Gasteiger partial charge in [0.05, 0.1) is 10.5 Å². The van der Waals surface area contributed by atoms with Crippen molar-refractivity contribution >= 4 is 15.9 Å². The zero-order valence-corrected chi connectivity index (χ0v) is 11.2. The van der Waals surface area contributed by atoms with E-state index in [9.17, 15) is 13.2 Å². The average molecular weight is 270 g/mol. The number of nitrogens with two attached hydrogens (primary N) is 1. The van der Waals surface area contributed by atoms with Gasteiger partial charge in [-0.3, -0.25) is 4.79 Å². The number of carbonyl (C=O) groups excluding carboxylic acids is 1. The molecule has 1 aromatic carbocycles. The van der Waals surface area contributed by atoms with E-state index in [0.717, 1.165) is 19.3 Å². The summed E-state index contributed by atoms with van der Waals surface area (Å²) in [6, 6.07) is 5.93. The maximum absolute atomic E-state index is 11.8. The second kappa shape index (κ2) is 6.51. The first kappa shape index (κ1) is 14.7. The molecule has 0 atom stereocenters. The number of hydrogen-bond donors (Lipinski definition) is 2. The minimum absolute atomic E-state index is 0.0940. The van der Waals surface area contributed by atoms with Gasteiger partial charge in [0.1, 0.15) is 0 Å². The van der Waals surface area contributed by atoms with Crippen LogP contribution in [-0.2, 0) is 10.0 Å². The molecular formula is C12H18N2O3S. The van der Waals surface area contributed by atoms with E-state index in [0.29, 0.717) is 6.54 Å². The van der Waals surface area contributed by atoms with Crippen LogP contribution in [0.5, 0.6) is 0 Å². The zero-order chi connectivity index (χ0) is 13.6. The number of carbonyl (C=O) groups is 1. The molecule has 18 heavy (non-hydrogen) atoms.